The summed E-state index contributed by atoms with van der Waals surface area (Å²) in [4.78, 5) is 37.6. The molecule has 0 saturated heterocycles. The van der Waals surface area contributed by atoms with Gasteiger partial charge in [0, 0.05) is 10.5 Å². The molecule has 25 heavy (non-hydrogen) atoms. The summed E-state index contributed by atoms with van der Waals surface area (Å²) >= 11 is 2.11. The number of amides is 2. The van der Waals surface area contributed by atoms with Gasteiger partial charge in [-0.15, -0.1) is 0 Å². The number of para-hydroxylation sites is 2. The summed E-state index contributed by atoms with van der Waals surface area (Å²) in [6.07, 6.45) is 0. The number of carbonyl (C=O) groups is 3. The Kier molecular flexibility index (Phi) is 6.51. The second kappa shape index (κ2) is 8.61. The number of methoxy groups -OCH3 is 1. The Hall–Kier alpha value is -2.42. The summed E-state index contributed by atoms with van der Waals surface area (Å²) in [5.41, 5.74) is 1.25. The van der Waals surface area contributed by atoms with Gasteiger partial charge in [-0.25, -0.2) is 4.79 Å². The molecule has 0 saturated carbocycles. The molecule has 2 aromatic carbocycles. The number of benzene rings is 2. The summed E-state index contributed by atoms with van der Waals surface area (Å²) in [6.45, 7) is 1.24. The van der Waals surface area contributed by atoms with E-state index in [9.17, 15) is 14.4 Å². The van der Waals surface area contributed by atoms with Crippen molar-refractivity contribution in [2.45, 2.75) is 6.92 Å². The van der Waals surface area contributed by atoms with Gasteiger partial charge in [-0.1, -0.05) is 24.3 Å². The van der Waals surface area contributed by atoms with E-state index in [2.05, 4.69) is 27.9 Å². The van der Waals surface area contributed by atoms with Crippen LogP contribution in [0.5, 0.6) is 0 Å². The summed E-state index contributed by atoms with van der Waals surface area (Å²) in [6, 6.07) is 13.8. The van der Waals surface area contributed by atoms with Crippen molar-refractivity contribution in [3.05, 3.63) is 57.7 Å². The lowest BCUT2D eigenvalue weighted by atomic mass is 10.2. The van der Waals surface area contributed by atoms with Crippen molar-refractivity contribution in [1.82, 2.24) is 0 Å². The molecule has 1 N–H and O–H groups in total. The molecular weight excluding hydrogens is 435 g/mol. The lowest BCUT2D eigenvalue weighted by molar-refractivity contribution is -0.120. The summed E-state index contributed by atoms with van der Waals surface area (Å²) < 4.78 is 5.57. The molecule has 0 aromatic heterocycles. The first-order valence-corrected chi connectivity index (χ1v) is 8.51. The van der Waals surface area contributed by atoms with Gasteiger partial charge in [-0.05, 0) is 46.9 Å². The molecule has 0 bridgehead atoms. The van der Waals surface area contributed by atoms with Gasteiger partial charge < -0.3 is 15.0 Å². The molecule has 130 valence electrons. The molecule has 2 rings (SSSR count). The van der Waals surface area contributed by atoms with Crippen LogP contribution in [0, 0.1) is 3.57 Å². The minimum absolute atomic E-state index is 0.162. The number of carbonyl (C=O) groups excluding carboxylic acids is 3. The number of hydrogen-bond acceptors (Lipinski definition) is 4. The number of ether oxygens (including phenoxy) is 1. The third-order valence-corrected chi connectivity index (χ3v) is 4.34. The number of hydrogen-bond donors (Lipinski definition) is 1. The molecule has 0 atom stereocenters. The standard InChI is InChI=1S/C18H17IN2O4/c1-12(22)21(16-10-6-4-8-14(16)19)11-17(23)20-15-9-5-3-7-13(15)18(24)25-2/h3-10H,11H2,1-2H3,(H,20,23). The van der Waals surface area contributed by atoms with Gasteiger partial charge >= 0.3 is 5.97 Å². The summed E-state index contributed by atoms with van der Waals surface area (Å²) in [5, 5.41) is 2.66. The zero-order valence-corrected chi connectivity index (χ0v) is 15.9. The molecule has 0 radical (unpaired) electrons. The zero-order valence-electron chi connectivity index (χ0n) is 13.8. The van der Waals surface area contributed by atoms with Gasteiger partial charge in [0.2, 0.25) is 11.8 Å². The highest BCUT2D eigenvalue weighted by Gasteiger charge is 2.19. The molecule has 0 aliphatic heterocycles. The zero-order chi connectivity index (χ0) is 18.4. The Balaban J connectivity index is 2.20. The number of esters is 1. The van der Waals surface area contributed by atoms with Crippen molar-refractivity contribution < 1.29 is 19.1 Å². The smallest absolute Gasteiger partial charge is 0.339 e. The van der Waals surface area contributed by atoms with Crippen LogP contribution in [0.3, 0.4) is 0 Å². The SMILES string of the molecule is COC(=O)c1ccccc1NC(=O)CN(C(C)=O)c1ccccc1I. The van der Waals surface area contributed by atoms with E-state index < -0.39 is 11.9 Å². The molecule has 2 amide bonds. The number of nitrogens with zero attached hydrogens (tertiary/aromatic N) is 1. The van der Waals surface area contributed by atoms with E-state index in [1.165, 1.54) is 18.9 Å². The van der Waals surface area contributed by atoms with Crippen LogP contribution >= 0.6 is 22.6 Å². The summed E-state index contributed by atoms with van der Waals surface area (Å²) in [5.74, 6) is -1.20. The van der Waals surface area contributed by atoms with Crippen molar-refractivity contribution in [3.63, 3.8) is 0 Å². The van der Waals surface area contributed by atoms with Crippen LogP contribution in [0.4, 0.5) is 11.4 Å². The first-order chi connectivity index (χ1) is 11.9. The van der Waals surface area contributed by atoms with Gasteiger partial charge in [0.05, 0.1) is 24.0 Å². The number of rotatable bonds is 5. The van der Waals surface area contributed by atoms with Gasteiger partial charge in [-0.2, -0.15) is 0 Å². The Labute approximate surface area is 159 Å². The first-order valence-electron chi connectivity index (χ1n) is 7.44. The topological polar surface area (TPSA) is 75.7 Å². The van der Waals surface area contributed by atoms with Crippen molar-refractivity contribution in [3.8, 4) is 0 Å². The predicted molar refractivity (Wildman–Crippen MR) is 104 cm³/mol. The maximum absolute atomic E-state index is 12.4. The first kappa shape index (κ1) is 18.9. The lowest BCUT2D eigenvalue weighted by Crippen LogP contribution is -2.37. The molecule has 6 nitrogen and oxygen atoms in total. The number of anilines is 2. The van der Waals surface area contributed by atoms with E-state index in [1.54, 1.807) is 36.4 Å². The van der Waals surface area contributed by atoms with E-state index in [1.807, 2.05) is 12.1 Å². The third kappa shape index (κ3) is 4.79. The molecule has 0 heterocycles. The number of nitrogens with one attached hydrogen (secondary N) is 1. The van der Waals surface area contributed by atoms with Crippen LogP contribution in [0.1, 0.15) is 17.3 Å². The van der Waals surface area contributed by atoms with Crippen LogP contribution in [-0.4, -0.2) is 31.4 Å². The quantitative estimate of drug-likeness (QED) is 0.559. The normalized spacial score (nSPS) is 10.0. The van der Waals surface area contributed by atoms with E-state index in [-0.39, 0.29) is 18.0 Å². The predicted octanol–water partition coefficient (Wildman–Crippen LogP) is 3.07. The minimum atomic E-state index is -0.545. The third-order valence-electron chi connectivity index (χ3n) is 3.43. The van der Waals surface area contributed by atoms with Gasteiger partial charge in [-0.3, -0.25) is 9.59 Å². The van der Waals surface area contributed by atoms with Crippen LogP contribution in [0.15, 0.2) is 48.5 Å². The minimum Gasteiger partial charge on any atom is -0.465 e. The second-order valence-electron chi connectivity index (χ2n) is 5.14. The molecule has 0 aliphatic rings. The molecule has 2 aromatic rings. The fraction of sp³-hybridized carbons (Fsp3) is 0.167. The van der Waals surface area contributed by atoms with Crippen LogP contribution in [-0.2, 0) is 14.3 Å². The average Bonchev–Trinajstić information content (AvgIpc) is 2.60. The van der Waals surface area contributed by atoms with Gasteiger partial charge in [0.1, 0.15) is 6.54 Å². The van der Waals surface area contributed by atoms with Crippen LogP contribution in [0.25, 0.3) is 0 Å². The molecule has 0 unspecified atom stereocenters. The van der Waals surface area contributed by atoms with Crippen LogP contribution < -0.4 is 10.2 Å². The highest BCUT2D eigenvalue weighted by atomic mass is 127. The number of halogens is 1. The van der Waals surface area contributed by atoms with E-state index >= 15 is 0 Å². The fourth-order valence-electron chi connectivity index (χ4n) is 2.25. The van der Waals surface area contributed by atoms with Gasteiger partial charge in [0.15, 0.2) is 0 Å². The molecule has 0 spiro atoms. The maximum atomic E-state index is 12.4. The second-order valence-corrected chi connectivity index (χ2v) is 6.30. The van der Waals surface area contributed by atoms with Crippen molar-refractivity contribution in [2.75, 3.05) is 23.9 Å². The van der Waals surface area contributed by atoms with E-state index in [4.69, 9.17) is 4.74 Å². The van der Waals surface area contributed by atoms with Gasteiger partial charge in [0.25, 0.3) is 0 Å². The van der Waals surface area contributed by atoms with Crippen molar-refractivity contribution in [2.24, 2.45) is 0 Å². The van der Waals surface area contributed by atoms with Crippen molar-refractivity contribution >= 4 is 51.7 Å². The van der Waals surface area contributed by atoms with Crippen LogP contribution in [0.2, 0.25) is 0 Å². The monoisotopic (exact) mass is 452 g/mol. The fourth-order valence-corrected chi connectivity index (χ4v) is 2.93. The Bertz CT molecular complexity index is 807. The van der Waals surface area contributed by atoms with Crippen molar-refractivity contribution in [1.29, 1.82) is 0 Å². The maximum Gasteiger partial charge on any atom is 0.339 e. The summed E-state index contributed by atoms with van der Waals surface area (Å²) in [7, 11) is 1.27. The highest BCUT2D eigenvalue weighted by molar-refractivity contribution is 14.1. The Morgan fingerprint density at radius 2 is 1.72 bits per heavy atom. The Morgan fingerprint density at radius 1 is 1.08 bits per heavy atom. The molecule has 0 aliphatic carbocycles. The molecule has 7 heteroatoms. The highest BCUT2D eigenvalue weighted by Crippen LogP contribution is 2.22. The molecule has 0 fully saturated rings. The average molecular weight is 452 g/mol. The molecular formula is C18H17IN2O4. The largest absolute Gasteiger partial charge is 0.465 e. The lowest BCUT2D eigenvalue weighted by Gasteiger charge is -2.22. The van der Waals surface area contributed by atoms with E-state index in [0.29, 0.717) is 11.4 Å². The Morgan fingerprint density at radius 3 is 2.36 bits per heavy atom. The van der Waals surface area contributed by atoms with E-state index in [0.717, 1.165) is 3.57 Å².